The summed E-state index contributed by atoms with van der Waals surface area (Å²) in [5.74, 6) is -4.87. The SMILES string of the molecule is O=C(O)c1ccc([N+](=O)[O-])cc1F.[2H]C([2H])([2H])NC(=O)c1ccc([N+](=O)[O-])cc1F. The van der Waals surface area contributed by atoms with Crippen LogP contribution in [-0.2, 0) is 0 Å². The second-order valence-electron chi connectivity index (χ2n) is 4.60. The molecule has 2 N–H and O–H groups in total. The maximum atomic E-state index is 13.3. The second-order valence-corrected chi connectivity index (χ2v) is 4.60. The number of carbonyl (C=O) groups is 2. The van der Waals surface area contributed by atoms with Crippen LogP contribution < -0.4 is 5.32 Å². The van der Waals surface area contributed by atoms with Crippen molar-refractivity contribution in [1.82, 2.24) is 5.32 Å². The fourth-order valence-electron chi connectivity index (χ4n) is 1.66. The molecule has 0 spiro atoms. The maximum Gasteiger partial charge on any atom is 0.338 e. The zero-order valence-electron chi connectivity index (χ0n) is 16.0. The number of halogens is 2. The molecule has 142 valence electrons. The quantitative estimate of drug-likeness (QED) is 0.605. The molecule has 0 aromatic heterocycles. The smallest absolute Gasteiger partial charge is 0.338 e. The average Bonchev–Trinajstić information content (AvgIpc) is 2.59. The Balaban J connectivity index is 0.000000311. The van der Waals surface area contributed by atoms with E-state index in [0.717, 1.165) is 24.3 Å². The van der Waals surface area contributed by atoms with Gasteiger partial charge in [-0.25, -0.2) is 13.6 Å². The molecule has 27 heavy (non-hydrogen) atoms. The summed E-state index contributed by atoms with van der Waals surface area (Å²) >= 11 is 0. The molecule has 0 aliphatic rings. The number of nitro groups is 2. The predicted octanol–water partition coefficient (Wildman–Crippen LogP) is 2.53. The second kappa shape index (κ2) is 8.94. The van der Waals surface area contributed by atoms with Gasteiger partial charge >= 0.3 is 5.97 Å². The van der Waals surface area contributed by atoms with E-state index in [0.29, 0.717) is 12.1 Å². The number of hydrogen-bond acceptors (Lipinski definition) is 6. The van der Waals surface area contributed by atoms with Gasteiger partial charge in [0.05, 0.1) is 33.1 Å². The van der Waals surface area contributed by atoms with Crippen molar-refractivity contribution in [3.63, 3.8) is 0 Å². The lowest BCUT2D eigenvalue weighted by Crippen LogP contribution is -2.19. The van der Waals surface area contributed by atoms with Gasteiger partial charge in [0.25, 0.3) is 17.3 Å². The number of nitrogens with one attached hydrogen (secondary N) is 1. The third-order valence-corrected chi connectivity index (χ3v) is 2.92. The van der Waals surface area contributed by atoms with Gasteiger partial charge in [-0.3, -0.25) is 25.0 Å². The molecule has 2 aromatic rings. The minimum atomic E-state index is -2.74. The van der Waals surface area contributed by atoms with E-state index in [4.69, 9.17) is 9.22 Å². The number of nitro benzene ring substituents is 2. The molecule has 12 heteroatoms. The van der Waals surface area contributed by atoms with Gasteiger partial charge in [-0.05, 0) is 12.1 Å². The molecule has 1 amide bonds. The van der Waals surface area contributed by atoms with Crippen LogP contribution >= 0.6 is 0 Å². The van der Waals surface area contributed by atoms with Crippen molar-refractivity contribution in [3.8, 4) is 0 Å². The Morgan fingerprint density at radius 2 is 1.44 bits per heavy atom. The number of non-ortho nitro benzene ring substituents is 2. The number of carboxylic acids is 1. The van der Waals surface area contributed by atoms with E-state index in [9.17, 15) is 38.6 Å². The van der Waals surface area contributed by atoms with E-state index in [1.807, 2.05) is 0 Å². The Hall–Kier alpha value is -3.96. The summed E-state index contributed by atoms with van der Waals surface area (Å²) in [6, 6.07) is 4.69. The lowest BCUT2D eigenvalue weighted by atomic mass is 10.2. The van der Waals surface area contributed by atoms with Gasteiger partial charge in [-0.1, -0.05) is 0 Å². The van der Waals surface area contributed by atoms with Crippen molar-refractivity contribution in [2.45, 2.75) is 0 Å². The van der Waals surface area contributed by atoms with Crippen LogP contribution in [0, 0.1) is 31.9 Å². The van der Waals surface area contributed by atoms with Crippen molar-refractivity contribution in [2.24, 2.45) is 0 Å². The molecule has 0 bridgehead atoms. The lowest BCUT2D eigenvalue weighted by Gasteiger charge is -2.00. The highest BCUT2D eigenvalue weighted by atomic mass is 19.1. The lowest BCUT2D eigenvalue weighted by molar-refractivity contribution is -0.385. The van der Waals surface area contributed by atoms with Crippen LogP contribution in [0.3, 0.4) is 0 Å². The van der Waals surface area contributed by atoms with Gasteiger partial charge in [-0.2, -0.15) is 0 Å². The molecule has 0 fully saturated rings. The number of rotatable bonds is 4. The molecule has 0 heterocycles. The highest BCUT2D eigenvalue weighted by Crippen LogP contribution is 2.17. The van der Waals surface area contributed by atoms with Crippen LogP contribution in [0.1, 0.15) is 24.8 Å². The third-order valence-electron chi connectivity index (χ3n) is 2.92. The summed E-state index contributed by atoms with van der Waals surface area (Å²) in [6.45, 7) is -2.74. The van der Waals surface area contributed by atoms with Crippen LogP contribution in [0.2, 0.25) is 0 Å². The number of benzene rings is 2. The van der Waals surface area contributed by atoms with E-state index in [1.165, 1.54) is 0 Å². The first-order chi connectivity index (χ1) is 13.7. The van der Waals surface area contributed by atoms with E-state index < -0.39 is 62.8 Å². The minimum Gasteiger partial charge on any atom is -0.478 e. The molecule has 0 radical (unpaired) electrons. The van der Waals surface area contributed by atoms with Gasteiger partial charge in [0, 0.05) is 23.2 Å². The molecule has 0 aliphatic heterocycles. The number of amides is 1. The largest absolute Gasteiger partial charge is 0.478 e. The molecular weight excluding hydrogens is 372 g/mol. The summed E-state index contributed by atoms with van der Waals surface area (Å²) in [6.07, 6.45) is 0. The molecule has 10 nitrogen and oxygen atoms in total. The van der Waals surface area contributed by atoms with Crippen molar-refractivity contribution in [3.05, 3.63) is 79.4 Å². The molecule has 0 saturated carbocycles. The van der Waals surface area contributed by atoms with Crippen molar-refractivity contribution in [1.29, 1.82) is 0 Å². The minimum absolute atomic E-state index is 0.470. The molecule has 2 rings (SSSR count). The summed E-state index contributed by atoms with van der Waals surface area (Å²) < 4.78 is 46.4. The van der Waals surface area contributed by atoms with Crippen LogP contribution in [0.5, 0.6) is 0 Å². The summed E-state index contributed by atoms with van der Waals surface area (Å²) in [7, 11) is 0. The predicted molar refractivity (Wildman–Crippen MR) is 86.5 cm³/mol. The van der Waals surface area contributed by atoms with Crippen molar-refractivity contribution in [2.75, 3.05) is 6.98 Å². The molecule has 2 aromatic carbocycles. The Bertz CT molecular complexity index is 1020. The number of carbonyl (C=O) groups excluding carboxylic acids is 1. The fraction of sp³-hybridized carbons (Fsp3) is 0.0667. The summed E-state index contributed by atoms with van der Waals surface area (Å²) in [5.41, 5.74) is -2.13. The summed E-state index contributed by atoms with van der Waals surface area (Å²) in [4.78, 5) is 40.4. The van der Waals surface area contributed by atoms with E-state index in [-0.39, 0.29) is 0 Å². The van der Waals surface area contributed by atoms with Crippen LogP contribution in [0.4, 0.5) is 20.2 Å². The number of carboxylic acid groups (broad SMARTS) is 1. The monoisotopic (exact) mass is 386 g/mol. The Morgan fingerprint density at radius 3 is 1.78 bits per heavy atom. The maximum absolute atomic E-state index is 13.3. The van der Waals surface area contributed by atoms with Gasteiger partial charge in [0.1, 0.15) is 11.6 Å². The highest BCUT2D eigenvalue weighted by Gasteiger charge is 2.15. The zero-order valence-corrected chi connectivity index (χ0v) is 13.0. The van der Waals surface area contributed by atoms with Crippen molar-refractivity contribution >= 4 is 23.3 Å². The average molecular weight is 386 g/mol. The van der Waals surface area contributed by atoms with Crippen LogP contribution in [-0.4, -0.2) is 33.8 Å². The number of aromatic carboxylic acids is 1. The van der Waals surface area contributed by atoms with E-state index in [1.54, 1.807) is 5.32 Å². The Labute approximate surface area is 153 Å². The molecule has 0 atom stereocenters. The molecule has 0 saturated heterocycles. The normalized spacial score (nSPS) is 11.7. The topological polar surface area (TPSA) is 153 Å². The van der Waals surface area contributed by atoms with Gasteiger partial charge in [-0.15, -0.1) is 0 Å². The van der Waals surface area contributed by atoms with Crippen LogP contribution in [0.15, 0.2) is 36.4 Å². The highest BCUT2D eigenvalue weighted by molar-refractivity contribution is 5.94. The van der Waals surface area contributed by atoms with Crippen LogP contribution in [0.25, 0.3) is 0 Å². The molecule has 0 aliphatic carbocycles. The molecule has 0 unspecified atom stereocenters. The fourth-order valence-corrected chi connectivity index (χ4v) is 1.66. The van der Waals surface area contributed by atoms with Gasteiger partial charge in [0.2, 0.25) is 0 Å². The zero-order chi connectivity index (χ0) is 23.2. The first kappa shape index (κ1) is 16.5. The Morgan fingerprint density at radius 1 is 1.00 bits per heavy atom. The van der Waals surface area contributed by atoms with E-state index in [2.05, 4.69) is 0 Å². The van der Waals surface area contributed by atoms with Crippen molar-refractivity contribution < 1.29 is 37.4 Å². The van der Waals surface area contributed by atoms with E-state index >= 15 is 0 Å². The third kappa shape index (κ3) is 5.52. The standard InChI is InChI=1S/C8H7FN2O3.C7H4FNO4/c1-10-8(12)6-3-2-5(11(13)14)4-7(6)9;8-6-3-4(9(12)13)1-2-5(6)7(10)11/h2-4H,1H3,(H,10,12);1-3H,(H,10,11)/i1D3;. The number of nitrogens with zero attached hydrogens (tertiary/aromatic N) is 2. The van der Waals surface area contributed by atoms with Gasteiger partial charge < -0.3 is 10.4 Å². The summed E-state index contributed by atoms with van der Waals surface area (Å²) in [5, 5.41) is 30.4. The first-order valence-electron chi connectivity index (χ1n) is 8.16. The molecular formula is C15H11F2N3O7. The first-order valence-corrected chi connectivity index (χ1v) is 6.66. The number of hydrogen-bond donors (Lipinski definition) is 2. The van der Waals surface area contributed by atoms with Gasteiger partial charge in [0.15, 0.2) is 0 Å². The Kier molecular flexibility index (Phi) is 5.46.